The summed E-state index contributed by atoms with van der Waals surface area (Å²) in [6.45, 7) is 0. The molecule has 0 fully saturated rings. The van der Waals surface area contributed by atoms with Crippen molar-refractivity contribution in [2.45, 2.75) is 0 Å². The van der Waals surface area contributed by atoms with Gasteiger partial charge in [-0.15, -0.1) is 10.1 Å². The van der Waals surface area contributed by atoms with Crippen molar-refractivity contribution in [1.82, 2.24) is 30.8 Å². The molecule has 0 unspecified atom stereocenters. The Morgan fingerprint density at radius 3 is 0.800 bits per heavy atom. The molecule has 0 bridgehead atoms. The van der Waals surface area contributed by atoms with Crippen LogP contribution in [0.25, 0.3) is 0 Å². The van der Waals surface area contributed by atoms with Crippen LogP contribution in [0.1, 0.15) is 0 Å². The molecular weight excluding hydrogens is 210 g/mol. The summed E-state index contributed by atoms with van der Waals surface area (Å²) >= 11 is 0. The van der Waals surface area contributed by atoms with Gasteiger partial charge in [-0.05, 0) is 0 Å². The fraction of sp³-hybridized carbons (Fsp3) is 0. The van der Waals surface area contributed by atoms with E-state index in [-0.39, 0.29) is 59.9 Å². The number of nitrogens with zero attached hydrogens (tertiary/aromatic N) is 1. The van der Waals surface area contributed by atoms with Crippen LogP contribution in [0.3, 0.4) is 0 Å². The van der Waals surface area contributed by atoms with E-state index in [0.717, 1.165) is 5.34 Å². The molecule has 0 aliphatic rings. The van der Waals surface area contributed by atoms with Crippen LogP contribution < -0.4 is 43.2 Å². The fourth-order valence-electron chi connectivity index (χ4n) is 0. The number of hydrogen-bond acceptors (Lipinski definition) is 7. The Bertz CT molecular complexity index is 23.2. The average molecular weight is 226 g/mol. The maximum absolute atomic E-state index is 8.00. The molecule has 0 aromatic heterocycles. The van der Waals surface area contributed by atoms with Crippen molar-refractivity contribution in [2.24, 2.45) is 5.34 Å². The van der Waals surface area contributed by atoms with Gasteiger partial charge in [-0.25, -0.2) is 0 Å². The van der Waals surface area contributed by atoms with Gasteiger partial charge < -0.3 is 43.2 Å². The molecule has 0 saturated heterocycles. The van der Waals surface area contributed by atoms with Gasteiger partial charge in [0.05, 0.1) is 0 Å². The maximum Gasteiger partial charge on any atom is 3.00 e. The monoisotopic (exact) mass is 225 g/mol. The van der Waals surface area contributed by atoms with Gasteiger partial charge in [0.25, 0.3) is 0 Å². The Morgan fingerprint density at radius 1 is 0.800 bits per heavy atom. The molecule has 0 heterocycles. The van der Waals surface area contributed by atoms with Crippen molar-refractivity contribution in [2.75, 3.05) is 0 Å². The third-order valence-electron chi connectivity index (χ3n) is 0. The van der Waals surface area contributed by atoms with Crippen molar-refractivity contribution >= 4 is 0 Å². The number of rotatable bonds is 0. The van der Waals surface area contributed by atoms with Crippen LogP contribution in [0.5, 0.6) is 0 Å². The molecule has 0 aliphatic heterocycles. The van der Waals surface area contributed by atoms with E-state index in [1.54, 1.807) is 0 Å². The van der Waals surface area contributed by atoms with Gasteiger partial charge >= 0.3 is 16.8 Å². The molecule has 0 saturated carbocycles. The minimum Gasteiger partial charge on any atom is -1.00 e. The largest absolute Gasteiger partial charge is 3.00 e. The first kappa shape index (κ1) is 203. The normalized spacial score (nSPS) is 1.20. The number of halogens is 1. The predicted molar refractivity (Wildman–Crippen MR) is 31.6 cm³/mol. The van der Waals surface area contributed by atoms with E-state index in [1.807, 2.05) is 0 Å². The van der Waals surface area contributed by atoms with E-state index in [0.29, 0.717) is 0 Å². The summed E-state index contributed by atoms with van der Waals surface area (Å²) in [5, 5.41) is 9.00. The summed E-state index contributed by atoms with van der Waals surface area (Å²) in [5.74, 6) is 0. The van der Waals surface area contributed by atoms with Gasteiger partial charge in [0, 0.05) is 0 Å². The first-order valence-electron chi connectivity index (χ1n) is 0.365. The van der Waals surface area contributed by atoms with Gasteiger partial charge in [0.15, 0.2) is 0 Å². The van der Waals surface area contributed by atoms with Crippen LogP contribution in [0.2, 0.25) is 0 Å². The molecular formula is H15ClCoN6O2+2. The van der Waals surface area contributed by atoms with Crippen LogP contribution in [0.15, 0.2) is 5.34 Å². The van der Waals surface area contributed by atoms with E-state index < -0.39 is 0 Å². The summed E-state index contributed by atoms with van der Waals surface area (Å²) in [7, 11) is 0. The van der Waals surface area contributed by atoms with Crippen LogP contribution in [0.4, 0.5) is 0 Å². The smallest absolute Gasteiger partial charge is 1.00 e. The molecule has 0 aliphatic carbocycles. The van der Waals surface area contributed by atoms with E-state index in [4.69, 9.17) is 10.1 Å². The van der Waals surface area contributed by atoms with Crippen molar-refractivity contribution in [1.29, 1.82) is 0 Å². The summed E-state index contributed by atoms with van der Waals surface area (Å²) in [4.78, 5) is 8.00. The zero-order chi connectivity index (χ0) is 2.71. The van der Waals surface area contributed by atoms with Crippen molar-refractivity contribution in [3.63, 3.8) is 0 Å². The molecule has 0 amide bonds. The van der Waals surface area contributed by atoms with Crippen LogP contribution in [-0.4, -0.2) is 0 Å². The topological polar surface area (TPSA) is 224 Å². The molecule has 8 nitrogen and oxygen atoms in total. The molecule has 0 aromatic carbocycles. The molecule has 0 rings (SSSR count). The zero-order valence-corrected chi connectivity index (χ0v) is 7.31. The molecule has 0 atom stereocenters. The first-order valence-corrected chi connectivity index (χ1v) is 0.365. The molecule has 1 radical (unpaired) electrons. The minimum absolute atomic E-state index is 0. The van der Waals surface area contributed by atoms with Crippen molar-refractivity contribution in [3.05, 3.63) is 4.91 Å². The summed E-state index contributed by atoms with van der Waals surface area (Å²) in [5.41, 5.74) is 0. The van der Waals surface area contributed by atoms with Crippen LogP contribution in [-0.2, 0) is 22.0 Å². The minimum atomic E-state index is 0. The second-order valence-electron chi connectivity index (χ2n) is 0.0745. The molecule has 10 heteroatoms. The Balaban J connectivity index is -0.000000000952. The Morgan fingerprint density at radius 2 is 0.800 bits per heavy atom. The standard InChI is InChI=1S/ClH.Co.NO2.5H3N/c;;2-1-3;;;;;/h1H;;;5*1H3/q;+3;;;;;;/p-1. The third kappa shape index (κ3) is 31800000. The zero-order valence-electron chi connectivity index (χ0n) is 5.51. The summed E-state index contributed by atoms with van der Waals surface area (Å²) in [6, 6.07) is 0. The predicted octanol–water partition coefficient (Wildman–Crippen LogP) is -2.09. The molecule has 0 spiro atoms. The second-order valence-corrected chi connectivity index (χ2v) is 0.0745. The van der Waals surface area contributed by atoms with E-state index in [9.17, 15) is 0 Å². The van der Waals surface area contributed by atoms with E-state index >= 15 is 0 Å². The van der Waals surface area contributed by atoms with Crippen molar-refractivity contribution in [3.8, 4) is 0 Å². The quantitative estimate of drug-likeness (QED) is 0.229. The first-order chi connectivity index (χ1) is 1.41. The molecule has 10 heavy (non-hydrogen) atoms. The van der Waals surface area contributed by atoms with Crippen LogP contribution in [0, 0.1) is 4.91 Å². The second kappa shape index (κ2) is 579. The number of hydrogen-bond donors (Lipinski definition) is 5. The Kier molecular flexibility index (Phi) is 11800. The van der Waals surface area contributed by atoms with Gasteiger partial charge in [-0.2, -0.15) is 0 Å². The maximum atomic E-state index is 8.00. The van der Waals surface area contributed by atoms with Crippen LogP contribution >= 0.6 is 0 Å². The fourth-order valence-corrected chi connectivity index (χ4v) is 0. The molecule has 15 N–H and O–H groups in total. The SMILES string of the molecule is N.N.N.N.N.[Cl-].[Co+3].[O]N=O. The summed E-state index contributed by atoms with van der Waals surface area (Å²) in [6.07, 6.45) is 0. The van der Waals surface area contributed by atoms with Crippen molar-refractivity contribution < 1.29 is 34.4 Å². The molecule has 0 aromatic rings. The van der Waals surface area contributed by atoms with Gasteiger partial charge in [0.1, 0.15) is 0 Å². The van der Waals surface area contributed by atoms with Gasteiger partial charge in [-0.3, -0.25) is 0 Å². The molecule has 71 valence electrons. The summed E-state index contributed by atoms with van der Waals surface area (Å²) < 4.78 is 0. The third-order valence-corrected chi connectivity index (χ3v) is 0. The van der Waals surface area contributed by atoms with Gasteiger partial charge in [-0.1, -0.05) is 0 Å². The average Bonchev–Trinajstić information content (AvgIpc) is 0.918. The van der Waals surface area contributed by atoms with E-state index in [2.05, 4.69) is 0 Å². The Labute approximate surface area is 76.0 Å². The van der Waals surface area contributed by atoms with Gasteiger partial charge in [0.2, 0.25) is 5.34 Å². The Hall–Kier alpha value is -0.00351. The van der Waals surface area contributed by atoms with E-state index in [1.165, 1.54) is 0 Å².